The summed E-state index contributed by atoms with van der Waals surface area (Å²) in [5.74, 6) is 3.26. The highest BCUT2D eigenvalue weighted by molar-refractivity contribution is 7.99. The van der Waals surface area contributed by atoms with Gasteiger partial charge in [-0.05, 0) is 48.5 Å². The van der Waals surface area contributed by atoms with Crippen molar-refractivity contribution in [3.05, 3.63) is 48.5 Å². The monoisotopic (exact) mass is 449 g/mol. The second-order valence-electron chi connectivity index (χ2n) is 5.74. The summed E-state index contributed by atoms with van der Waals surface area (Å²) in [4.78, 5) is -0.0713. The summed E-state index contributed by atoms with van der Waals surface area (Å²) in [6.07, 6.45) is 5.33. The molecule has 0 fully saturated rings. The van der Waals surface area contributed by atoms with Gasteiger partial charge >= 0.3 is 0 Å². The molecule has 0 aliphatic carbocycles. The number of benzene rings is 2. The Labute approximate surface area is 172 Å². The lowest BCUT2D eigenvalue weighted by atomic mass is 10.2. The molecule has 4 N–H and O–H groups in total. The van der Waals surface area contributed by atoms with Crippen LogP contribution >= 0.6 is 11.8 Å². The van der Waals surface area contributed by atoms with Crippen LogP contribution in [0.4, 0.5) is 0 Å². The van der Waals surface area contributed by atoms with Crippen molar-refractivity contribution in [3.63, 3.8) is 0 Å². The first-order valence-corrected chi connectivity index (χ1v) is 12.0. The topological polar surface area (TPSA) is 151 Å². The number of rotatable bonds is 6. The molecule has 29 heavy (non-hydrogen) atoms. The van der Waals surface area contributed by atoms with Crippen LogP contribution in [0.5, 0.6) is 0 Å². The van der Waals surface area contributed by atoms with Crippen LogP contribution in [-0.2, 0) is 20.0 Å². The van der Waals surface area contributed by atoms with Crippen molar-refractivity contribution in [2.45, 2.75) is 14.9 Å². The molecule has 0 aliphatic heterocycles. The fraction of sp³-hybridized carbons (Fsp3) is 0.0588. The number of nitrogens with two attached hydrogens (primary N) is 2. The van der Waals surface area contributed by atoms with E-state index in [2.05, 4.69) is 16.1 Å². The molecule has 1 heterocycles. The molecular formula is C17H15N5O4S3. The normalized spacial score (nSPS) is 11.9. The molecule has 2 aromatic carbocycles. The third-order valence-corrected chi connectivity index (χ3v) is 6.47. The predicted molar refractivity (Wildman–Crippen MR) is 109 cm³/mol. The largest absolute Gasteiger partial charge is 0.270 e. The van der Waals surface area contributed by atoms with E-state index in [1.807, 2.05) is 0 Å². The van der Waals surface area contributed by atoms with Crippen LogP contribution in [0, 0.1) is 12.3 Å². The van der Waals surface area contributed by atoms with E-state index in [4.69, 9.17) is 16.7 Å². The van der Waals surface area contributed by atoms with E-state index in [1.165, 1.54) is 36.0 Å². The molecule has 0 saturated heterocycles. The maximum atomic E-state index is 11.5. The molecule has 0 bridgehead atoms. The van der Waals surface area contributed by atoms with Gasteiger partial charge in [0.15, 0.2) is 11.0 Å². The maximum absolute atomic E-state index is 11.5. The van der Waals surface area contributed by atoms with E-state index >= 15 is 0 Å². The van der Waals surface area contributed by atoms with E-state index in [9.17, 15) is 16.8 Å². The molecule has 0 aliphatic rings. The SMILES string of the molecule is C#CCSc1nnc(-c2ccc(S(N)(=O)=O)cc2)n1-c1ccc(S(N)(=O)=O)cc1. The Balaban J connectivity index is 2.12. The van der Waals surface area contributed by atoms with Crippen molar-refractivity contribution in [1.82, 2.24) is 14.8 Å². The average Bonchev–Trinajstić information content (AvgIpc) is 3.09. The van der Waals surface area contributed by atoms with Crippen molar-refractivity contribution in [3.8, 4) is 29.4 Å². The first kappa shape index (κ1) is 21.0. The van der Waals surface area contributed by atoms with Gasteiger partial charge in [0, 0.05) is 11.3 Å². The zero-order valence-electron chi connectivity index (χ0n) is 14.8. The van der Waals surface area contributed by atoms with Crippen LogP contribution < -0.4 is 10.3 Å². The molecule has 9 nitrogen and oxygen atoms in total. The van der Waals surface area contributed by atoms with E-state index < -0.39 is 20.0 Å². The first-order chi connectivity index (χ1) is 13.6. The molecule has 12 heteroatoms. The second kappa shape index (κ2) is 7.97. The van der Waals surface area contributed by atoms with Crippen LogP contribution in [-0.4, -0.2) is 37.4 Å². The predicted octanol–water partition coefficient (Wildman–Crippen LogP) is 0.954. The third-order valence-electron chi connectivity index (χ3n) is 3.78. The van der Waals surface area contributed by atoms with Crippen LogP contribution in [0.3, 0.4) is 0 Å². The van der Waals surface area contributed by atoms with Gasteiger partial charge in [-0.1, -0.05) is 17.7 Å². The highest BCUT2D eigenvalue weighted by Gasteiger charge is 2.18. The van der Waals surface area contributed by atoms with Crippen molar-refractivity contribution < 1.29 is 16.8 Å². The Hall–Kier alpha value is -2.69. The minimum absolute atomic E-state index is 0.0354. The lowest BCUT2D eigenvalue weighted by molar-refractivity contribution is 0.596. The van der Waals surface area contributed by atoms with Crippen LogP contribution in [0.15, 0.2) is 63.5 Å². The van der Waals surface area contributed by atoms with E-state index in [0.717, 1.165) is 0 Å². The van der Waals surface area contributed by atoms with E-state index in [1.54, 1.807) is 28.8 Å². The van der Waals surface area contributed by atoms with Gasteiger partial charge in [-0.25, -0.2) is 27.1 Å². The third kappa shape index (κ3) is 4.66. The Kier molecular flexibility index (Phi) is 5.78. The summed E-state index contributed by atoms with van der Waals surface area (Å²) in [5, 5.41) is 19.1. The maximum Gasteiger partial charge on any atom is 0.238 e. The zero-order chi connectivity index (χ0) is 21.2. The standard InChI is InChI=1S/C17H15N5O4S3/c1-2-11-27-17-21-20-16(12-3-7-14(8-4-12)28(18,23)24)22(17)13-5-9-15(10-6-13)29(19,25)26/h1,3-10H,11H2,(H2,18,23,24)(H2,19,25,26). The van der Waals surface area contributed by atoms with Gasteiger partial charge in [0.25, 0.3) is 0 Å². The molecule has 0 spiro atoms. The molecule has 150 valence electrons. The molecule has 3 rings (SSSR count). The Morgan fingerprint density at radius 1 is 0.897 bits per heavy atom. The summed E-state index contributed by atoms with van der Waals surface area (Å²) < 4.78 is 47.6. The number of hydrogen-bond donors (Lipinski definition) is 2. The molecule has 1 aromatic heterocycles. The fourth-order valence-corrected chi connectivity index (χ4v) is 4.13. The summed E-state index contributed by atoms with van der Waals surface area (Å²) in [6.45, 7) is 0. The molecule has 0 saturated carbocycles. The number of terminal acetylenes is 1. The van der Waals surface area contributed by atoms with Crippen molar-refractivity contribution >= 4 is 31.8 Å². The molecular weight excluding hydrogens is 434 g/mol. The minimum atomic E-state index is -3.83. The summed E-state index contributed by atoms with van der Waals surface area (Å²) in [7, 11) is -7.66. The van der Waals surface area contributed by atoms with Gasteiger partial charge in [0.2, 0.25) is 20.0 Å². The van der Waals surface area contributed by atoms with Gasteiger partial charge in [-0.3, -0.25) is 4.57 Å². The summed E-state index contributed by atoms with van der Waals surface area (Å²) in [6, 6.07) is 11.7. The quantitative estimate of drug-likeness (QED) is 0.420. The van der Waals surface area contributed by atoms with Crippen molar-refractivity contribution in [1.29, 1.82) is 0 Å². The first-order valence-electron chi connectivity index (χ1n) is 7.89. The highest BCUT2D eigenvalue weighted by Crippen LogP contribution is 2.28. The number of hydrogen-bond acceptors (Lipinski definition) is 7. The lowest BCUT2D eigenvalue weighted by Gasteiger charge is -2.11. The zero-order valence-corrected chi connectivity index (χ0v) is 17.2. The van der Waals surface area contributed by atoms with Crippen LogP contribution in [0.2, 0.25) is 0 Å². The van der Waals surface area contributed by atoms with E-state index in [-0.39, 0.29) is 9.79 Å². The Morgan fingerprint density at radius 2 is 1.41 bits per heavy atom. The smallest absolute Gasteiger partial charge is 0.238 e. The Bertz CT molecular complexity index is 1290. The number of sulfonamides is 2. The van der Waals surface area contributed by atoms with Crippen molar-refractivity contribution in [2.75, 3.05) is 5.75 Å². The molecule has 0 amide bonds. The molecule has 3 aromatic rings. The Morgan fingerprint density at radius 3 is 1.90 bits per heavy atom. The van der Waals surface area contributed by atoms with E-state index in [0.29, 0.717) is 28.0 Å². The number of primary sulfonamides is 2. The van der Waals surface area contributed by atoms with Gasteiger partial charge in [-0.2, -0.15) is 0 Å². The molecule has 0 atom stereocenters. The average molecular weight is 450 g/mol. The van der Waals surface area contributed by atoms with Gasteiger partial charge in [-0.15, -0.1) is 16.6 Å². The molecule has 0 radical (unpaired) electrons. The van der Waals surface area contributed by atoms with Crippen molar-refractivity contribution in [2.24, 2.45) is 10.3 Å². The van der Waals surface area contributed by atoms with Crippen LogP contribution in [0.1, 0.15) is 0 Å². The summed E-state index contributed by atoms with van der Waals surface area (Å²) >= 11 is 1.27. The van der Waals surface area contributed by atoms with Crippen LogP contribution in [0.25, 0.3) is 17.1 Å². The second-order valence-corrected chi connectivity index (χ2v) is 9.81. The number of thioether (sulfide) groups is 1. The van der Waals surface area contributed by atoms with Gasteiger partial charge < -0.3 is 0 Å². The van der Waals surface area contributed by atoms with Gasteiger partial charge in [0.05, 0.1) is 15.5 Å². The highest BCUT2D eigenvalue weighted by atomic mass is 32.2. The number of aromatic nitrogens is 3. The summed E-state index contributed by atoms with van der Waals surface area (Å²) in [5.41, 5.74) is 1.15. The lowest BCUT2D eigenvalue weighted by Crippen LogP contribution is -2.12. The number of nitrogens with zero attached hydrogens (tertiary/aromatic N) is 3. The van der Waals surface area contributed by atoms with Gasteiger partial charge in [0.1, 0.15) is 0 Å². The fourth-order valence-electron chi connectivity index (χ4n) is 2.47. The minimum Gasteiger partial charge on any atom is -0.270 e. The molecule has 0 unspecified atom stereocenters.